The van der Waals surface area contributed by atoms with Gasteiger partial charge in [0.2, 0.25) is 0 Å². The maximum Gasteiger partial charge on any atom is 0.411 e. The van der Waals surface area contributed by atoms with Gasteiger partial charge in [-0.3, -0.25) is 0 Å². The Morgan fingerprint density at radius 2 is 1.89 bits per heavy atom. The summed E-state index contributed by atoms with van der Waals surface area (Å²) < 4.78 is 41.5. The molecule has 5 heteroatoms. The van der Waals surface area contributed by atoms with E-state index in [1.807, 2.05) is 13.0 Å². The third-order valence-corrected chi connectivity index (χ3v) is 2.38. The Kier molecular flexibility index (Phi) is 6.15. The number of hydrogen-bond donors (Lipinski definition) is 1. The highest BCUT2D eigenvalue weighted by Gasteiger charge is 2.29. The largest absolute Gasteiger partial charge is 0.411 e. The van der Waals surface area contributed by atoms with Crippen LogP contribution < -0.4 is 5.32 Å². The molecule has 0 fully saturated rings. The molecule has 1 unspecified atom stereocenters. The molecule has 0 saturated carbocycles. The number of hydrogen-bond acceptors (Lipinski definition) is 2. The lowest BCUT2D eigenvalue weighted by Crippen LogP contribution is -2.27. The molecule has 0 aliphatic heterocycles. The Morgan fingerprint density at radius 1 is 1.22 bits per heavy atom. The highest BCUT2D eigenvalue weighted by molar-refractivity contribution is 5.17. The first-order valence-electron chi connectivity index (χ1n) is 5.97. The second-order valence-electron chi connectivity index (χ2n) is 4.03. The Bertz CT molecular complexity index is 327. The van der Waals surface area contributed by atoms with Crippen LogP contribution in [0.3, 0.4) is 0 Å². The fourth-order valence-electron chi connectivity index (χ4n) is 1.55. The van der Waals surface area contributed by atoms with E-state index in [2.05, 4.69) is 5.32 Å². The molecule has 1 rings (SSSR count). The zero-order chi connectivity index (χ0) is 13.4. The quantitative estimate of drug-likeness (QED) is 0.760. The molecule has 0 bridgehead atoms. The van der Waals surface area contributed by atoms with Gasteiger partial charge in [0.25, 0.3) is 0 Å². The van der Waals surface area contributed by atoms with E-state index in [-0.39, 0.29) is 0 Å². The second-order valence-corrected chi connectivity index (χ2v) is 4.03. The monoisotopic (exact) mass is 261 g/mol. The summed E-state index contributed by atoms with van der Waals surface area (Å²) in [7, 11) is 0. The minimum absolute atomic E-state index is 0.383. The first-order chi connectivity index (χ1) is 8.53. The van der Waals surface area contributed by atoms with E-state index in [0.717, 1.165) is 18.5 Å². The molecule has 0 aliphatic rings. The molecule has 0 radical (unpaired) electrons. The van der Waals surface area contributed by atoms with Crippen LogP contribution in [0.25, 0.3) is 0 Å². The summed E-state index contributed by atoms with van der Waals surface area (Å²) in [5.74, 6) is 0. The standard InChI is InChI=1S/C13H18F3NO/c1-2-8-17-9-12(18-10-13(14,15)16)11-6-4-3-5-7-11/h3-7,12,17H,2,8-10H2,1H3. The van der Waals surface area contributed by atoms with Crippen LogP contribution >= 0.6 is 0 Å². The van der Waals surface area contributed by atoms with E-state index in [1.54, 1.807) is 24.3 Å². The molecule has 0 amide bonds. The molecule has 1 aromatic rings. The van der Waals surface area contributed by atoms with Gasteiger partial charge in [-0.15, -0.1) is 0 Å². The van der Waals surface area contributed by atoms with Crippen LogP contribution in [0.2, 0.25) is 0 Å². The third kappa shape index (κ3) is 6.02. The van der Waals surface area contributed by atoms with E-state index in [9.17, 15) is 13.2 Å². The zero-order valence-electron chi connectivity index (χ0n) is 10.3. The average molecular weight is 261 g/mol. The summed E-state index contributed by atoms with van der Waals surface area (Å²) in [6.07, 6.45) is -3.93. The molecule has 18 heavy (non-hydrogen) atoms. The van der Waals surface area contributed by atoms with Gasteiger partial charge in [0.15, 0.2) is 0 Å². The molecular formula is C13H18F3NO. The molecular weight excluding hydrogens is 243 g/mol. The van der Waals surface area contributed by atoms with Crippen LogP contribution in [0.5, 0.6) is 0 Å². The van der Waals surface area contributed by atoms with Gasteiger partial charge in [0, 0.05) is 6.54 Å². The van der Waals surface area contributed by atoms with Crippen molar-refractivity contribution in [2.24, 2.45) is 0 Å². The maximum atomic E-state index is 12.2. The molecule has 0 spiro atoms. The van der Waals surface area contributed by atoms with E-state index in [0.29, 0.717) is 6.54 Å². The van der Waals surface area contributed by atoms with E-state index in [1.165, 1.54) is 0 Å². The average Bonchev–Trinajstić information content (AvgIpc) is 2.33. The van der Waals surface area contributed by atoms with E-state index < -0.39 is 18.9 Å². The first-order valence-corrected chi connectivity index (χ1v) is 5.97. The zero-order valence-corrected chi connectivity index (χ0v) is 10.3. The topological polar surface area (TPSA) is 21.3 Å². The smallest absolute Gasteiger partial charge is 0.363 e. The van der Waals surface area contributed by atoms with Gasteiger partial charge in [0.05, 0.1) is 6.10 Å². The lowest BCUT2D eigenvalue weighted by atomic mass is 10.1. The Labute approximate surface area is 105 Å². The lowest BCUT2D eigenvalue weighted by Gasteiger charge is -2.20. The molecule has 2 nitrogen and oxygen atoms in total. The minimum Gasteiger partial charge on any atom is -0.363 e. The van der Waals surface area contributed by atoms with Crippen LogP contribution in [-0.2, 0) is 4.74 Å². The summed E-state index contributed by atoms with van der Waals surface area (Å²) in [4.78, 5) is 0. The molecule has 0 aromatic heterocycles. The lowest BCUT2D eigenvalue weighted by molar-refractivity contribution is -0.185. The summed E-state index contributed by atoms with van der Waals surface area (Å²) in [5.41, 5.74) is 0.755. The summed E-state index contributed by atoms with van der Waals surface area (Å²) in [6.45, 7) is 1.92. The van der Waals surface area contributed by atoms with Crippen LogP contribution in [0.4, 0.5) is 13.2 Å². The molecule has 1 atom stereocenters. The van der Waals surface area contributed by atoms with Crippen molar-refractivity contribution in [3.63, 3.8) is 0 Å². The van der Waals surface area contributed by atoms with Gasteiger partial charge in [-0.25, -0.2) is 0 Å². The molecule has 0 aliphatic carbocycles. The normalized spacial score (nSPS) is 13.6. The molecule has 0 heterocycles. The molecule has 1 N–H and O–H groups in total. The van der Waals surface area contributed by atoms with Crippen molar-refractivity contribution >= 4 is 0 Å². The van der Waals surface area contributed by atoms with E-state index >= 15 is 0 Å². The Balaban J connectivity index is 2.58. The van der Waals surface area contributed by atoms with Gasteiger partial charge in [0.1, 0.15) is 6.61 Å². The fraction of sp³-hybridized carbons (Fsp3) is 0.538. The summed E-state index contributed by atoms with van der Waals surface area (Å²) in [5, 5.41) is 3.08. The number of alkyl halides is 3. The van der Waals surface area contributed by atoms with Crippen LogP contribution in [0, 0.1) is 0 Å². The van der Waals surface area contributed by atoms with Gasteiger partial charge in [-0.2, -0.15) is 13.2 Å². The van der Waals surface area contributed by atoms with Crippen molar-refractivity contribution in [3.05, 3.63) is 35.9 Å². The SMILES string of the molecule is CCCNCC(OCC(F)(F)F)c1ccccc1. The molecule has 0 saturated heterocycles. The van der Waals surface area contributed by atoms with Crippen molar-refractivity contribution in [3.8, 4) is 0 Å². The number of ether oxygens (including phenoxy) is 1. The fourth-order valence-corrected chi connectivity index (χ4v) is 1.55. The second kappa shape index (κ2) is 7.38. The van der Waals surface area contributed by atoms with E-state index in [4.69, 9.17) is 4.74 Å². The van der Waals surface area contributed by atoms with Crippen molar-refractivity contribution in [2.45, 2.75) is 25.6 Å². The van der Waals surface area contributed by atoms with Crippen molar-refractivity contribution in [1.82, 2.24) is 5.32 Å². The number of rotatable bonds is 7. The van der Waals surface area contributed by atoms with Crippen molar-refractivity contribution in [2.75, 3.05) is 19.7 Å². The van der Waals surface area contributed by atoms with Gasteiger partial charge in [-0.05, 0) is 18.5 Å². The first kappa shape index (κ1) is 15.0. The van der Waals surface area contributed by atoms with Crippen molar-refractivity contribution < 1.29 is 17.9 Å². The third-order valence-electron chi connectivity index (χ3n) is 2.38. The molecule has 102 valence electrons. The number of nitrogens with one attached hydrogen (secondary N) is 1. The van der Waals surface area contributed by atoms with Crippen LogP contribution in [0.15, 0.2) is 30.3 Å². The van der Waals surface area contributed by atoms with Gasteiger partial charge < -0.3 is 10.1 Å². The maximum absolute atomic E-state index is 12.2. The summed E-state index contributed by atoms with van der Waals surface area (Å²) >= 11 is 0. The molecule has 1 aromatic carbocycles. The Morgan fingerprint density at radius 3 is 2.44 bits per heavy atom. The van der Waals surface area contributed by atoms with Crippen LogP contribution in [-0.4, -0.2) is 25.9 Å². The van der Waals surface area contributed by atoms with Gasteiger partial charge >= 0.3 is 6.18 Å². The highest BCUT2D eigenvalue weighted by atomic mass is 19.4. The number of benzene rings is 1. The van der Waals surface area contributed by atoms with Crippen LogP contribution in [0.1, 0.15) is 25.0 Å². The predicted molar refractivity (Wildman–Crippen MR) is 64.4 cm³/mol. The predicted octanol–water partition coefficient (Wildman–Crippen LogP) is 3.31. The highest BCUT2D eigenvalue weighted by Crippen LogP contribution is 2.22. The minimum atomic E-state index is -4.29. The van der Waals surface area contributed by atoms with Crippen molar-refractivity contribution in [1.29, 1.82) is 0 Å². The van der Waals surface area contributed by atoms with Gasteiger partial charge in [-0.1, -0.05) is 37.3 Å². The Hall–Kier alpha value is -1.07. The summed E-state index contributed by atoms with van der Waals surface area (Å²) in [6, 6.07) is 8.95. The number of halogens is 3.